The number of nitrogens with one attached hydrogen (secondary N) is 2. The average molecular weight is 452 g/mol. The molecule has 2 atom stereocenters. The lowest BCUT2D eigenvalue weighted by atomic mass is 9.72. The fraction of sp³-hybridized carbons (Fsp3) is 0.500. The molecule has 0 spiro atoms. The molecule has 1 amide bonds. The fourth-order valence-corrected chi connectivity index (χ4v) is 5.89. The lowest BCUT2D eigenvalue weighted by Crippen LogP contribution is -2.28. The molecule has 32 heavy (non-hydrogen) atoms. The van der Waals surface area contributed by atoms with Crippen molar-refractivity contribution in [3.63, 3.8) is 0 Å². The van der Waals surface area contributed by atoms with Crippen LogP contribution in [0.5, 0.6) is 0 Å². The van der Waals surface area contributed by atoms with Crippen LogP contribution in [0.15, 0.2) is 35.1 Å². The minimum atomic E-state index is -0.0604. The Morgan fingerprint density at radius 1 is 1.28 bits per heavy atom. The van der Waals surface area contributed by atoms with Crippen molar-refractivity contribution in [3.8, 4) is 0 Å². The van der Waals surface area contributed by atoms with Crippen molar-refractivity contribution in [3.05, 3.63) is 62.5 Å². The molecule has 0 radical (unpaired) electrons. The number of carbonyl (C=O) groups is 1. The quantitative estimate of drug-likeness (QED) is 0.554. The Labute approximate surface area is 193 Å². The molecular formula is C26H33N3O2S. The highest BCUT2D eigenvalue weighted by atomic mass is 32.1. The van der Waals surface area contributed by atoms with E-state index >= 15 is 0 Å². The maximum atomic E-state index is 12.8. The zero-order valence-corrected chi connectivity index (χ0v) is 20.3. The van der Waals surface area contributed by atoms with Crippen molar-refractivity contribution in [1.82, 2.24) is 15.3 Å². The zero-order valence-electron chi connectivity index (χ0n) is 19.5. The highest BCUT2D eigenvalue weighted by Crippen LogP contribution is 2.41. The Hall–Kier alpha value is -2.47. The standard InChI is InChI=1S/C26H33N3O2S/c1-16(17-8-6-5-7-9-17)15-27-22(30)13-12-21-28-24(31)23-19-11-10-18(26(2,3)4)14-20(19)32-25(23)29-21/h5-9,16,18H,10-15H2,1-4H3,(H,27,30)(H,28,29,31). The molecule has 1 aliphatic carbocycles. The van der Waals surface area contributed by atoms with E-state index in [1.165, 1.54) is 16.0 Å². The number of fused-ring (bicyclic) bond motifs is 3. The molecule has 1 aromatic carbocycles. The second-order valence-corrected chi connectivity index (χ2v) is 11.2. The molecular weight excluding hydrogens is 418 g/mol. The molecule has 3 aromatic rings. The summed E-state index contributed by atoms with van der Waals surface area (Å²) in [6.07, 6.45) is 3.84. The van der Waals surface area contributed by atoms with E-state index in [9.17, 15) is 9.59 Å². The van der Waals surface area contributed by atoms with Gasteiger partial charge in [-0.05, 0) is 47.6 Å². The minimum Gasteiger partial charge on any atom is -0.355 e. The van der Waals surface area contributed by atoms with Crippen LogP contribution in [0.25, 0.3) is 10.2 Å². The number of nitrogens with zero attached hydrogens (tertiary/aromatic N) is 1. The third-order valence-corrected chi connectivity index (χ3v) is 7.90. The fourth-order valence-electron chi connectivity index (χ4n) is 4.57. The van der Waals surface area contributed by atoms with E-state index in [0.717, 1.165) is 29.5 Å². The second-order valence-electron chi connectivity index (χ2n) is 10.1. The smallest absolute Gasteiger partial charge is 0.259 e. The number of hydrogen-bond donors (Lipinski definition) is 2. The first-order valence-corrected chi connectivity index (χ1v) is 12.4. The topological polar surface area (TPSA) is 74.8 Å². The number of amides is 1. The van der Waals surface area contributed by atoms with Gasteiger partial charge in [0.25, 0.3) is 5.56 Å². The van der Waals surface area contributed by atoms with E-state index in [4.69, 9.17) is 4.98 Å². The molecule has 0 saturated heterocycles. The Morgan fingerprint density at radius 2 is 2.03 bits per heavy atom. The molecule has 0 aliphatic heterocycles. The van der Waals surface area contributed by atoms with Gasteiger partial charge in [0.05, 0.1) is 5.39 Å². The number of rotatable bonds is 6. The van der Waals surface area contributed by atoms with Crippen LogP contribution in [0.3, 0.4) is 0 Å². The molecule has 1 aliphatic rings. The van der Waals surface area contributed by atoms with Crippen LogP contribution in [0.2, 0.25) is 0 Å². The minimum absolute atomic E-state index is 0.0194. The number of aryl methyl sites for hydroxylation is 2. The molecule has 0 saturated carbocycles. The molecule has 170 valence electrons. The van der Waals surface area contributed by atoms with Crippen LogP contribution >= 0.6 is 11.3 Å². The summed E-state index contributed by atoms with van der Waals surface area (Å²) in [5, 5.41) is 3.77. The number of thiophene rings is 1. The SMILES string of the molecule is CC(CNC(=O)CCc1nc2sc3c(c2c(=O)[nH]1)CCC(C(C)(C)C)C3)c1ccccc1. The number of H-pyrrole nitrogens is 1. The van der Waals surface area contributed by atoms with E-state index in [1.807, 2.05) is 18.2 Å². The van der Waals surface area contributed by atoms with Crippen molar-refractivity contribution >= 4 is 27.5 Å². The van der Waals surface area contributed by atoms with Gasteiger partial charge in [-0.2, -0.15) is 0 Å². The van der Waals surface area contributed by atoms with Crippen LogP contribution in [0.1, 0.15) is 68.3 Å². The van der Waals surface area contributed by atoms with Crippen LogP contribution in [-0.4, -0.2) is 22.4 Å². The summed E-state index contributed by atoms with van der Waals surface area (Å²) in [7, 11) is 0. The Bertz CT molecular complexity index is 1160. The average Bonchev–Trinajstić information content (AvgIpc) is 3.14. The monoisotopic (exact) mass is 451 g/mol. The molecule has 5 nitrogen and oxygen atoms in total. The van der Waals surface area contributed by atoms with Crippen molar-refractivity contribution < 1.29 is 4.79 Å². The van der Waals surface area contributed by atoms with E-state index in [0.29, 0.717) is 31.1 Å². The highest BCUT2D eigenvalue weighted by Gasteiger charge is 2.31. The summed E-state index contributed by atoms with van der Waals surface area (Å²) in [5.74, 6) is 1.46. The number of carbonyl (C=O) groups excluding carboxylic acids is 1. The Morgan fingerprint density at radius 3 is 2.75 bits per heavy atom. The molecule has 0 bridgehead atoms. The summed E-state index contributed by atoms with van der Waals surface area (Å²) in [4.78, 5) is 35.0. The van der Waals surface area contributed by atoms with Crippen LogP contribution in [0, 0.1) is 11.3 Å². The predicted octanol–water partition coefficient (Wildman–Crippen LogP) is 4.99. The van der Waals surface area contributed by atoms with Crippen molar-refractivity contribution in [2.24, 2.45) is 11.3 Å². The van der Waals surface area contributed by atoms with E-state index in [1.54, 1.807) is 11.3 Å². The summed E-state index contributed by atoms with van der Waals surface area (Å²) in [6.45, 7) is 9.59. The largest absolute Gasteiger partial charge is 0.355 e. The van der Waals surface area contributed by atoms with Gasteiger partial charge in [0.1, 0.15) is 10.7 Å². The third kappa shape index (κ3) is 4.96. The van der Waals surface area contributed by atoms with Gasteiger partial charge in [0, 0.05) is 24.3 Å². The lowest BCUT2D eigenvalue weighted by molar-refractivity contribution is -0.121. The van der Waals surface area contributed by atoms with Crippen LogP contribution in [-0.2, 0) is 24.1 Å². The van der Waals surface area contributed by atoms with Gasteiger partial charge in [0.15, 0.2) is 0 Å². The first kappa shape index (κ1) is 22.7. The first-order valence-electron chi connectivity index (χ1n) is 11.6. The van der Waals surface area contributed by atoms with Crippen LogP contribution in [0.4, 0.5) is 0 Å². The van der Waals surface area contributed by atoms with E-state index < -0.39 is 0 Å². The number of hydrogen-bond acceptors (Lipinski definition) is 4. The highest BCUT2D eigenvalue weighted by molar-refractivity contribution is 7.18. The lowest BCUT2D eigenvalue weighted by Gasteiger charge is -2.33. The van der Waals surface area contributed by atoms with E-state index in [-0.39, 0.29) is 22.8 Å². The summed E-state index contributed by atoms with van der Waals surface area (Å²) >= 11 is 1.66. The summed E-state index contributed by atoms with van der Waals surface area (Å²) in [5.41, 5.74) is 2.61. The first-order chi connectivity index (χ1) is 15.2. The van der Waals surface area contributed by atoms with Crippen molar-refractivity contribution in [2.75, 3.05) is 6.54 Å². The zero-order chi connectivity index (χ0) is 22.9. The molecule has 2 unspecified atom stereocenters. The Balaban J connectivity index is 1.40. The summed E-state index contributed by atoms with van der Waals surface area (Å²) in [6, 6.07) is 10.2. The third-order valence-electron chi connectivity index (χ3n) is 6.76. The van der Waals surface area contributed by atoms with Gasteiger partial charge in [-0.25, -0.2) is 4.98 Å². The molecule has 2 aromatic heterocycles. The number of benzene rings is 1. The van der Waals surface area contributed by atoms with E-state index in [2.05, 4.69) is 50.1 Å². The van der Waals surface area contributed by atoms with Crippen molar-refractivity contribution in [2.45, 2.75) is 65.7 Å². The van der Waals surface area contributed by atoms with Gasteiger partial charge in [0.2, 0.25) is 5.91 Å². The van der Waals surface area contributed by atoms with Gasteiger partial charge in [-0.15, -0.1) is 11.3 Å². The molecule has 6 heteroatoms. The molecule has 0 fully saturated rings. The number of aromatic nitrogens is 2. The molecule has 2 N–H and O–H groups in total. The second kappa shape index (κ2) is 9.18. The predicted molar refractivity (Wildman–Crippen MR) is 131 cm³/mol. The van der Waals surface area contributed by atoms with Gasteiger partial charge >= 0.3 is 0 Å². The normalized spacial score (nSPS) is 17.2. The Kier molecular flexibility index (Phi) is 6.52. The maximum absolute atomic E-state index is 12.8. The number of aromatic amines is 1. The van der Waals surface area contributed by atoms with Gasteiger partial charge in [-0.3, -0.25) is 9.59 Å². The molecule has 4 rings (SSSR count). The maximum Gasteiger partial charge on any atom is 0.259 e. The van der Waals surface area contributed by atoms with Gasteiger partial charge < -0.3 is 10.3 Å². The summed E-state index contributed by atoms with van der Waals surface area (Å²) < 4.78 is 0. The van der Waals surface area contributed by atoms with Crippen LogP contribution < -0.4 is 10.9 Å². The molecule has 2 heterocycles. The van der Waals surface area contributed by atoms with Crippen molar-refractivity contribution in [1.29, 1.82) is 0 Å². The van der Waals surface area contributed by atoms with Gasteiger partial charge in [-0.1, -0.05) is 58.0 Å².